The molecule has 1 atom stereocenters. The number of likely N-dealkylation sites (N-methyl/N-ethyl adjacent to an activating group) is 1. The van der Waals surface area contributed by atoms with E-state index in [0.29, 0.717) is 0 Å². The Hall–Kier alpha value is -0.940. The standard InChI is InChI=1S/C17H19FIN/c1-3-20-17(10-13-5-8-15(19)9-6-13)16-11-14(18)7-4-12(16)2/h4-9,11,17,20H,3,10H2,1-2H3. The average Bonchev–Trinajstić information content (AvgIpc) is 2.43. The molecule has 20 heavy (non-hydrogen) atoms. The van der Waals surface area contributed by atoms with Crippen molar-refractivity contribution >= 4 is 22.6 Å². The Bertz CT molecular complexity index is 566. The van der Waals surface area contributed by atoms with E-state index in [0.717, 1.165) is 24.1 Å². The van der Waals surface area contributed by atoms with Crippen molar-refractivity contribution in [1.29, 1.82) is 0 Å². The van der Waals surface area contributed by atoms with E-state index >= 15 is 0 Å². The maximum atomic E-state index is 13.5. The lowest BCUT2D eigenvalue weighted by molar-refractivity contribution is 0.540. The van der Waals surface area contributed by atoms with Gasteiger partial charge in [-0.3, -0.25) is 0 Å². The number of rotatable bonds is 5. The molecule has 2 rings (SSSR count). The second-order valence-electron chi connectivity index (χ2n) is 4.94. The van der Waals surface area contributed by atoms with Gasteiger partial charge in [0.2, 0.25) is 0 Å². The first kappa shape index (κ1) is 15.4. The minimum Gasteiger partial charge on any atom is -0.310 e. The molecule has 0 aliphatic heterocycles. The Balaban J connectivity index is 2.26. The summed E-state index contributed by atoms with van der Waals surface area (Å²) in [6.45, 7) is 4.98. The first-order chi connectivity index (χ1) is 9.60. The van der Waals surface area contributed by atoms with Gasteiger partial charge in [0.1, 0.15) is 5.82 Å². The fourth-order valence-corrected chi connectivity index (χ4v) is 2.74. The topological polar surface area (TPSA) is 12.0 Å². The number of halogens is 2. The molecule has 0 radical (unpaired) electrons. The summed E-state index contributed by atoms with van der Waals surface area (Å²) in [5.41, 5.74) is 3.44. The molecule has 0 heterocycles. The summed E-state index contributed by atoms with van der Waals surface area (Å²) in [6.07, 6.45) is 0.870. The lowest BCUT2D eigenvalue weighted by Crippen LogP contribution is -2.23. The van der Waals surface area contributed by atoms with Crippen molar-refractivity contribution in [2.24, 2.45) is 0 Å². The highest BCUT2D eigenvalue weighted by molar-refractivity contribution is 14.1. The Morgan fingerprint density at radius 2 is 1.85 bits per heavy atom. The van der Waals surface area contributed by atoms with Crippen molar-refractivity contribution in [3.05, 3.63) is 68.5 Å². The Morgan fingerprint density at radius 3 is 2.50 bits per heavy atom. The van der Waals surface area contributed by atoms with Crippen molar-refractivity contribution < 1.29 is 4.39 Å². The molecule has 0 spiro atoms. The van der Waals surface area contributed by atoms with Crippen LogP contribution in [0, 0.1) is 16.3 Å². The second-order valence-corrected chi connectivity index (χ2v) is 6.19. The predicted molar refractivity (Wildman–Crippen MR) is 90.4 cm³/mol. The summed E-state index contributed by atoms with van der Waals surface area (Å²) in [7, 11) is 0. The van der Waals surface area contributed by atoms with Crippen molar-refractivity contribution in [3.8, 4) is 0 Å². The van der Waals surface area contributed by atoms with E-state index in [2.05, 4.69) is 59.1 Å². The van der Waals surface area contributed by atoms with Crippen molar-refractivity contribution in [1.82, 2.24) is 5.32 Å². The van der Waals surface area contributed by atoms with Gasteiger partial charge in [-0.15, -0.1) is 0 Å². The van der Waals surface area contributed by atoms with Crippen molar-refractivity contribution in [3.63, 3.8) is 0 Å². The largest absolute Gasteiger partial charge is 0.310 e. The normalized spacial score (nSPS) is 12.4. The average molecular weight is 383 g/mol. The van der Waals surface area contributed by atoms with Gasteiger partial charge in [0.05, 0.1) is 0 Å². The van der Waals surface area contributed by atoms with Crippen molar-refractivity contribution in [2.45, 2.75) is 26.3 Å². The molecule has 0 amide bonds. The zero-order valence-electron chi connectivity index (χ0n) is 11.8. The van der Waals surface area contributed by atoms with Crippen LogP contribution in [0.1, 0.15) is 29.7 Å². The van der Waals surface area contributed by atoms with Crippen LogP contribution in [0.5, 0.6) is 0 Å². The highest BCUT2D eigenvalue weighted by atomic mass is 127. The minimum absolute atomic E-state index is 0.149. The summed E-state index contributed by atoms with van der Waals surface area (Å²) in [4.78, 5) is 0. The number of hydrogen-bond acceptors (Lipinski definition) is 1. The van der Waals surface area contributed by atoms with Gasteiger partial charge in [-0.25, -0.2) is 4.39 Å². The monoisotopic (exact) mass is 383 g/mol. The number of aryl methyl sites for hydroxylation is 1. The van der Waals surface area contributed by atoms with E-state index in [1.807, 2.05) is 13.0 Å². The van der Waals surface area contributed by atoms with Crippen LogP contribution in [0.2, 0.25) is 0 Å². The van der Waals surface area contributed by atoms with Crippen LogP contribution in [0.15, 0.2) is 42.5 Å². The van der Waals surface area contributed by atoms with Gasteiger partial charge in [0.25, 0.3) is 0 Å². The molecule has 2 aromatic rings. The molecule has 1 unspecified atom stereocenters. The molecular weight excluding hydrogens is 364 g/mol. The fourth-order valence-electron chi connectivity index (χ4n) is 2.38. The first-order valence-electron chi connectivity index (χ1n) is 6.84. The van der Waals surface area contributed by atoms with Crippen LogP contribution in [0.3, 0.4) is 0 Å². The van der Waals surface area contributed by atoms with Crippen LogP contribution in [-0.4, -0.2) is 6.54 Å². The first-order valence-corrected chi connectivity index (χ1v) is 7.92. The Morgan fingerprint density at radius 1 is 1.15 bits per heavy atom. The number of nitrogens with one attached hydrogen (secondary N) is 1. The molecule has 0 aliphatic rings. The molecule has 0 saturated heterocycles. The quantitative estimate of drug-likeness (QED) is 0.743. The van der Waals surface area contributed by atoms with Gasteiger partial charge in [-0.1, -0.05) is 25.1 Å². The van der Waals surface area contributed by atoms with E-state index in [1.54, 1.807) is 6.07 Å². The molecule has 106 valence electrons. The molecule has 2 aromatic carbocycles. The van der Waals surface area contributed by atoms with E-state index in [4.69, 9.17) is 0 Å². The van der Waals surface area contributed by atoms with E-state index in [1.165, 1.54) is 15.2 Å². The van der Waals surface area contributed by atoms with Gasteiger partial charge in [-0.2, -0.15) is 0 Å². The van der Waals surface area contributed by atoms with Gasteiger partial charge in [0.15, 0.2) is 0 Å². The SMILES string of the molecule is CCNC(Cc1ccc(I)cc1)c1cc(F)ccc1C. The summed E-state index contributed by atoms with van der Waals surface area (Å²) < 4.78 is 14.7. The molecule has 1 nitrogen and oxygen atoms in total. The fraction of sp³-hybridized carbons (Fsp3) is 0.294. The summed E-state index contributed by atoms with van der Waals surface area (Å²) in [6, 6.07) is 13.7. The molecule has 0 aromatic heterocycles. The maximum Gasteiger partial charge on any atom is 0.123 e. The number of benzene rings is 2. The number of hydrogen-bond donors (Lipinski definition) is 1. The van der Waals surface area contributed by atoms with E-state index in [9.17, 15) is 4.39 Å². The van der Waals surface area contributed by atoms with Crippen LogP contribution in [-0.2, 0) is 6.42 Å². The summed E-state index contributed by atoms with van der Waals surface area (Å²) in [5.74, 6) is -0.170. The highest BCUT2D eigenvalue weighted by Crippen LogP contribution is 2.23. The molecule has 3 heteroatoms. The predicted octanol–water partition coefficient (Wildman–Crippen LogP) is 4.63. The zero-order chi connectivity index (χ0) is 14.5. The third-order valence-electron chi connectivity index (χ3n) is 3.42. The minimum atomic E-state index is -0.170. The molecule has 0 bridgehead atoms. The molecule has 1 N–H and O–H groups in total. The molecular formula is C17H19FIN. The van der Waals surface area contributed by atoms with E-state index < -0.39 is 0 Å². The summed E-state index contributed by atoms with van der Waals surface area (Å²) >= 11 is 2.30. The van der Waals surface area contributed by atoms with Crippen molar-refractivity contribution in [2.75, 3.05) is 6.54 Å². The van der Waals surface area contributed by atoms with Crippen LogP contribution < -0.4 is 5.32 Å². The third-order valence-corrected chi connectivity index (χ3v) is 4.14. The highest BCUT2D eigenvalue weighted by Gasteiger charge is 2.14. The molecule has 0 aliphatic carbocycles. The molecule has 0 fully saturated rings. The van der Waals surface area contributed by atoms with Gasteiger partial charge in [-0.05, 0) is 83.4 Å². The lowest BCUT2D eigenvalue weighted by Gasteiger charge is -2.20. The second kappa shape index (κ2) is 7.18. The van der Waals surface area contributed by atoms with Gasteiger partial charge < -0.3 is 5.32 Å². The van der Waals surface area contributed by atoms with Crippen LogP contribution in [0.4, 0.5) is 4.39 Å². The van der Waals surface area contributed by atoms with Gasteiger partial charge in [0, 0.05) is 9.61 Å². The Labute approximate surface area is 133 Å². The Kier molecular flexibility index (Phi) is 5.54. The third kappa shape index (κ3) is 4.03. The summed E-state index contributed by atoms with van der Waals surface area (Å²) in [5, 5.41) is 3.46. The van der Waals surface area contributed by atoms with Gasteiger partial charge >= 0.3 is 0 Å². The molecule has 0 saturated carbocycles. The smallest absolute Gasteiger partial charge is 0.123 e. The van der Waals surface area contributed by atoms with Crippen LogP contribution in [0.25, 0.3) is 0 Å². The van der Waals surface area contributed by atoms with E-state index in [-0.39, 0.29) is 11.9 Å². The zero-order valence-corrected chi connectivity index (χ0v) is 13.9. The lowest BCUT2D eigenvalue weighted by atomic mass is 9.95. The van der Waals surface area contributed by atoms with Crippen LogP contribution >= 0.6 is 22.6 Å². The maximum absolute atomic E-state index is 13.5.